The zero-order chi connectivity index (χ0) is 17.4. The Morgan fingerprint density at radius 2 is 2.19 bits per heavy atom. The first-order valence-corrected chi connectivity index (χ1v) is 9.37. The second-order valence-corrected chi connectivity index (χ2v) is 7.59. The van der Waals surface area contributed by atoms with Crippen LogP contribution in [0.4, 0.5) is 0 Å². The third-order valence-corrected chi connectivity index (χ3v) is 5.61. The number of hydrogen-bond donors (Lipinski definition) is 1. The van der Waals surface area contributed by atoms with E-state index in [2.05, 4.69) is 26.4 Å². The summed E-state index contributed by atoms with van der Waals surface area (Å²) in [7, 11) is 0. The van der Waals surface area contributed by atoms with Gasteiger partial charge in [0.2, 0.25) is 4.96 Å². The maximum absolute atomic E-state index is 12.1. The lowest BCUT2D eigenvalue weighted by Crippen LogP contribution is -2.45. The van der Waals surface area contributed by atoms with Crippen LogP contribution in [-0.4, -0.2) is 39.1 Å². The fourth-order valence-electron chi connectivity index (χ4n) is 3.19. The molecule has 1 fully saturated rings. The van der Waals surface area contributed by atoms with Gasteiger partial charge in [-0.3, -0.25) is 9.69 Å². The van der Waals surface area contributed by atoms with Crippen LogP contribution in [0.3, 0.4) is 0 Å². The van der Waals surface area contributed by atoms with Gasteiger partial charge in [-0.1, -0.05) is 41.1 Å². The summed E-state index contributed by atoms with van der Waals surface area (Å²) in [5.41, 5.74) is 1.70. The van der Waals surface area contributed by atoms with Gasteiger partial charge in [0.1, 0.15) is 5.01 Å². The molecule has 1 aliphatic heterocycles. The van der Waals surface area contributed by atoms with Gasteiger partial charge in [0.15, 0.2) is 0 Å². The lowest BCUT2D eigenvalue weighted by atomic mass is 10.0. The molecule has 1 saturated heterocycles. The number of fused-ring (bicyclic) bond motifs is 1. The minimum Gasteiger partial charge on any atom is -0.314 e. The number of halogens is 2. The Kier molecular flexibility index (Phi) is 5.94. The average Bonchev–Trinajstić information content (AvgIpc) is 2.99. The smallest absolute Gasteiger partial charge is 0.275 e. The summed E-state index contributed by atoms with van der Waals surface area (Å²) in [6.45, 7) is 5.15. The molecule has 26 heavy (non-hydrogen) atoms. The van der Waals surface area contributed by atoms with E-state index in [1.54, 1.807) is 0 Å². The van der Waals surface area contributed by atoms with E-state index in [1.165, 1.54) is 21.9 Å². The number of nitrogens with one attached hydrogen (secondary N) is 1. The van der Waals surface area contributed by atoms with Gasteiger partial charge in [-0.25, -0.2) is 4.98 Å². The molecule has 138 valence electrons. The minimum atomic E-state index is -0.132. The van der Waals surface area contributed by atoms with Gasteiger partial charge in [-0.15, -0.1) is 12.4 Å². The van der Waals surface area contributed by atoms with Crippen molar-refractivity contribution in [3.05, 3.63) is 62.0 Å². The first kappa shape index (κ1) is 19.3. The van der Waals surface area contributed by atoms with Crippen LogP contribution in [0.15, 0.2) is 35.1 Å². The van der Waals surface area contributed by atoms with Crippen LogP contribution in [-0.2, 0) is 6.54 Å². The summed E-state index contributed by atoms with van der Waals surface area (Å²) in [6, 6.07) is 9.64. The van der Waals surface area contributed by atoms with E-state index in [0.29, 0.717) is 11.5 Å². The van der Waals surface area contributed by atoms with Gasteiger partial charge >= 0.3 is 0 Å². The van der Waals surface area contributed by atoms with Crippen LogP contribution < -0.4 is 10.9 Å². The molecule has 1 aromatic carbocycles. The fourth-order valence-corrected chi connectivity index (χ4v) is 4.42. The number of nitrogens with zero attached hydrogens (tertiary/aromatic N) is 4. The van der Waals surface area contributed by atoms with Crippen molar-refractivity contribution >= 4 is 40.3 Å². The third kappa shape index (κ3) is 3.77. The van der Waals surface area contributed by atoms with E-state index in [4.69, 9.17) is 11.6 Å². The van der Waals surface area contributed by atoms with Crippen LogP contribution in [0.5, 0.6) is 0 Å². The summed E-state index contributed by atoms with van der Waals surface area (Å²) >= 11 is 7.87. The van der Waals surface area contributed by atoms with E-state index < -0.39 is 0 Å². The minimum absolute atomic E-state index is 0. The molecular weight excluding hydrogens is 393 g/mol. The van der Waals surface area contributed by atoms with Crippen LogP contribution in [0.25, 0.3) is 4.96 Å². The monoisotopic (exact) mass is 411 g/mol. The molecule has 0 spiro atoms. The summed E-state index contributed by atoms with van der Waals surface area (Å²) < 4.78 is 1.39. The largest absolute Gasteiger partial charge is 0.314 e. The number of aromatic nitrogens is 3. The Morgan fingerprint density at radius 3 is 3.00 bits per heavy atom. The summed E-state index contributed by atoms with van der Waals surface area (Å²) in [5.74, 6) is 0. The Balaban J connectivity index is 0.00000196. The fraction of sp³-hybridized carbons (Fsp3) is 0.353. The molecule has 1 N–H and O–H groups in total. The van der Waals surface area contributed by atoms with E-state index in [1.807, 2.05) is 25.1 Å². The van der Waals surface area contributed by atoms with Crippen molar-refractivity contribution < 1.29 is 0 Å². The SMILES string of the molecule is Cc1cc(=O)n2nc(CN3CCNCC3c3ccccc3Cl)sc2n1.Cl. The topological polar surface area (TPSA) is 62.5 Å². The van der Waals surface area contributed by atoms with Gasteiger partial charge < -0.3 is 5.32 Å². The molecule has 0 aliphatic carbocycles. The molecule has 0 saturated carbocycles. The summed E-state index contributed by atoms with van der Waals surface area (Å²) in [5, 5.41) is 9.56. The second-order valence-electron chi connectivity index (χ2n) is 6.14. The molecule has 1 unspecified atom stereocenters. The highest BCUT2D eigenvalue weighted by Crippen LogP contribution is 2.30. The first-order chi connectivity index (χ1) is 12.1. The maximum Gasteiger partial charge on any atom is 0.275 e. The molecule has 0 bridgehead atoms. The van der Waals surface area contributed by atoms with Crippen molar-refractivity contribution in [2.45, 2.75) is 19.5 Å². The Morgan fingerprint density at radius 1 is 1.38 bits per heavy atom. The number of aryl methyl sites for hydroxylation is 1. The molecule has 3 heterocycles. The summed E-state index contributed by atoms with van der Waals surface area (Å²) in [4.78, 5) is 19.5. The molecule has 3 aromatic rings. The van der Waals surface area contributed by atoms with E-state index in [0.717, 1.165) is 40.9 Å². The molecule has 1 aliphatic rings. The van der Waals surface area contributed by atoms with E-state index in [-0.39, 0.29) is 24.0 Å². The standard InChI is InChI=1S/C17H18ClN5OS.ClH/c1-11-8-16(24)23-17(20-11)25-15(21-23)10-22-7-6-19-9-14(22)12-4-2-3-5-13(12)18;/h2-5,8,14,19H,6-7,9-10H2,1H3;1H. The van der Waals surface area contributed by atoms with Crippen molar-refractivity contribution in [1.82, 2.24) is 24.8 Å². The van der Waals surface area contributed by atoms with Crippen LogP contribution in [0, 0.1) is 6.92 Å². The normalized spacial score (nSPS) is 18.0. The summed E-state index contributed by atoms with van der Waals surface area (Å²) in [6.07, 6.45) is 0. The number of piperazine rings is 1. The van der Waals surface area contributed by atoms with Crippen molar-refractivity contribution in [1.29, 1.82) is 0 Å². The van der Waals surface area contributed by atoms with Gasteiger partial charge in [-0.2, -0.15) is 9.61 Å². The second kappa shape index (κ2) is 8.02. The lowest BCUT2D eigenvalue weighted by molar-refractivity contribution is 0.153. The molecule has 1 atom stereocenters. The third-order valence-electron chi connectivity index (χ3n) is 4.37. The van der Waals surface area contributed by atoms with E-state index >= 15 is 0 Å². The maximum atomic E-state index is 12.1. The quantitative estimate of drug-likeness (QED) is 0.717. The molecule has 9 heteroatoms. The van der Waals surface area contributed by atoms with E-state index in [9.17, 15) is 4.79 Å². The zero-order valence-corrected chi connectivity index (χ0v) is 16.6. The van der Waals surface area contributed by atoms with Crippen molar-refractivity contribution in [2.75, 3.05) is 19.6 Å². The highest BCUT2D eigenvalue weighted by Gasteiger charge is 2.26. The van der Waals surface area contributed by atoms with Gasteiger partial charge in [0.05, 0.1) is 6.54 Å². The van der Waals surface area contributed by atoms with Crippen molar-refractivity contribution in [3.8, 4) is 0 Å². The average molecular weight is 412 g/mol. The van der Waals surface area contributed by atoms with Gasteiger partial charge in [0.25, 0.3) is 5.56 Å². The molecule has 0 amide bonds. The first-order valence-electron chi connectivity index (χ1n) is 8.17. The van der Waals surface area contributed by atoms with Gasteiger partial charge in [-0.05, 0) is 18.6 Å². The number of rotatable bonds is 3. The molecule has 6 nitrogen and oxygen atoms in total. The lowest BCUT2D eigenvalue weighted by Gasteiger charge is -2.36. The van der Waals surface area contributed by atoms with Gasteiger partial charge in [0, 0.05) is 42.5 Å². The van der Waals surface area contributed by atoms with Crippen LogP contribution in [0.1, 0.15) is 22.3 Å². The van der Waals surface area contributed by atoms with Crippen molar-refractivity contribution in [3.63, 3.8) is 0 Å². The Bertz CT molecular complexity index is 973. The van der Waals surface area contributed by atoms with Crippen LogP contribution >= 0.6 is 35.3 Å². The molecule has 4 rings (SSSR count). The van der Waals surface area contributed by atoms with Crippen LogP contribution in [0.2, 0.25) is 5.02 Å². The molecule has 0 radical (unpaired) electrons. The predicted octanol–water partition coefficient (Wildman–Crippen LogP) is 2.68. The number of hydrogen-bond acceptors (Lipinski definition) is 6. The Hall–Kier alpha value is -1.51. The predicted molar refractivity (Wildman–Crippen MR) is 107 cm³/mol. The zero-order valence-electron chi connectivity index (χ0n) is 14.2. The highest BCUT2D eigenvalue weighted by molar-refractivity contribution is 7.16. The Labute approximate surface area is 166 Å². The molecular formula is C17H19Cl2N5OS. The van der Waals surface area contributed by atoms with Crippen molar-refractivity contribution in [2.24, 2.45) is 0 Å². The highest BCUT2D eigenvalue weighted by atomic mass is 35.5. The molecule has 2 aromatic heterocycles. The number of benzene rings is 1.